The Morgan fingerprint density at radius 1 is 0.950 bits per heavy atom. The van der Waals surface area contributed by atoms with Crippen LogP contribution in [0.1, 0.15) is 19.3 Å². The molecule has 6 aromatic rings. The maximum Gasteiger partial charge on any atom is 0.224 e. The third-order valence-corrected chi connectivity index (χ3v) is 7.40. The highest BCUT2D eigenvalue weighted by molar-refractivity contribution is 5.99. The molecular formula is C30H27N9O. The largest absolute Gasteiger partial charge is 0.352 e. The van der Waals surface area contributed by atoms with Gasteiger partial charge in [-0.05, 0) is 68.2 Å². The van der Waals surface area contributed by atoms with Gasteiger partial charge < -0.3 is 15.6 Å². The number of carbonyl (C=O) groups is 1. The Kier molecular flexibility index (Phi) is 6.21. The van der Waals surface area contributed by atoms with Crippen LogP contribution in [-0.2, 0) is 4.79 Å². The first kappa shape index (κ1) is 24.1. The number of H-pyrrole nitrogens is 2. The molecule has 0 unspecified atom stereocenters. The van der Waals surface area contributed by atoms with Crippen LogP contribution >= 0.6 is 0 Å². The van der Waals surface area contributed by atoms with Gasteiger partial charge >= 0.3 is 0 Å². The Labute approximate surface area is 229 Å². The van der Waals surface area contributed by atoms with Gasteiger partial charge in [0.1, 0.15) is 11.2 Å². The third kappa shape index (κ3) is 4.69. The van der Waals surface area contributed by atoms with E-state index >= 15 is 0 Å². The van der Waals surface area contributed by atoms with Crippen molar-refractivity contribution in [2.45, 2.75) is 19.3 Å². The molecule has 1 fully saturated rings. The van der Waals surface area contributed by atoms with Crippen LogP contribution in [0.3, 0.4) is 0 Å². The number of fused-ring (bicyclic) bond motifs is 2. The summed E-state index contributed by atoms with van der Waals surface area (Å²) >= 11 is 0. The highest BCUT2D eigenvalue weighted by Crippen LogP contribution is 2.33. The van der Waals surface area contributed by atoms with Crippen molar-refractivity contribution in [3.63, 3.8) is 0 Å². The smallest absolute Gasteiger partial charge is 0.224 e. The van der Waals surface area contributed by atoms with Crippen LogP contribution in [0.15, 0.2) is 73.4 Å². The van der Waals surface area contributed by atoms with Gasteiger partial charge in [0, 0.05) is 41.5 Å². The summed E-state index contributed by atoms with van der Waals surface area (Å²) in [4.78, 5) is 34.3. The quantitative estimate of drug-likeness (QED) is 0.239. The standard InChI is InChI=1S/C30H27N9O/c40-28(11-18-6-9-31-10-7-18)35-20-12-19(14-32-15-20)23-4-5-25-29(37-23)30(39-38-25)26-13-21-22(16-33-17-27(21)36-26)24-3-1-2-8-34-24/h1-5,8,12-18,31,36H,6-7,9-11H2,(H,35,40)(H,38,39). The van der Waals surface area contributed by atoms with E-state index in [9.17, 15) is 4.79 Å². The summed E-state index contributed by atoms with van der Waals surface area (Å²) < 4.78 is 0. The second kappa shape index (κ2) is 10.3. The molecule has 6 aromatic heterocycles. The number of nitrogens with one attached hydrogen (secondary N) is 4. The molecule has 10 nitrogen and oxygen atoms in total. The van der Waals surface area contributed by atoms with Crippen molar-refractivity contribution in [1.29, 1.82) is 0 Å². The summed E-state index contributed by atoms with van der Waals surface area (Å²) in [6.45, 7) is 1.94. The van der Waals surface area contributed by atoms with E-state index in [-0.39, 0.29) is 5.91 Å². The monoisotopic (exact) mass is 529 g/mol. The van der Waals surface area contributed by atoms with Crippen molar-refractivity contribution in [3.8, 4) is 33.9 Å². The Bertz CT molecular complexity index is 1820. The molecule has 1 amide bonds. The van der Waals surface area contributed by atoms with E-state index in [4.69, 9.17) is 4.98 Å². The molecule has 1 aliphatic heterocycles. The summed E-state index contributed by atoms with van der Waals surface area (Å²) in [5, 5.41) is 15.0. The summed E-state index contributed by atoms with van der Waals surface area (Å²) in [5.41, 5.74) is 7.99. The number of piperidine rings is 1. The lowest BCUT2D eigenvalue weighted by atomic mass is 9.94. The predicted molar refractivity (Wildman–Crippen MR) is 154 cm³/mol. The van der Waals surface area contributed by atoms with E-state index in [2.05, 4.69) is 46.8 Å². The zero-order valence-electron chi connectivity index (χ0n) is 21.7. The number of anilines is 1. The number of amides is 1. The van der Waals surface area contributed by atoms with E-state index in [1.165, 1.54) is 0 Å². The first-order valence-electron chi connectivity index (χ1n) is 13.4. The third-order valence-electron chi connectivity index (χ3n) is 7.40. The number of carbonyl (C=O) groups excluding carboxylic acids is 1. The van der Waals surface area contributed by atoms with Crippen LogP contribution in [0, 0.1) is 5.92 Å². The molecule has 0 saturated carbocycles. The number of pyridine rings is 4. The molecule has 0 bridgehead atoms. The van der Waals surface area contributed by atoms with Crippen molar-refractivity contribution >= 4 is 33.5 Å². The van der Waals surface area contributed by atoms with Gasteiger partial charge in [-0.25, -0.2) is 4.98 Å². The minimum Gasteiger partial charge on any atom is -0.352 e. The minimum absolute atomic E-state index is 0.0183. The fourth-order valence-corrected chi connectivity index (χ4v) is 5.36. The van der Waals surface area contributed by atoms with Crippen molar-refractivity contribution in [2.75, 3.05) is 18.4 Å². The average molecular weight is 530 g/mol. The fourth-order valence-electron chi connectivity index (χ4n) is 5.36. The van der Waals surface area contributed by atoms with E-state index in [0.717, 1.165) is 76.1 Å². The van der Waals surface area contributed by atoms with Gasteiger partial charge in [-0.1, -0.05) is 6.07 Å². The van der Waals surface area contributed by atoms with Crippen LogP contribution in [0.5, 0.6) is 0 Å². The number of nitrogens with zero attached hydrogens (tertiary/aromatic N) is 5. The number of aromatic amines is 2. The van der Waals surface area contributed by atoms with E-state index in [1.807, 2.05) is 42.6 Å². The number of rotatable bonds is 6. The van der Waals surface area contributed by atoms with Gasteiger partial charge in [-0.15, -0.1) is 0 Å². The van der Waals surface area contributed by atoms with Crippen molar-refractivity contribution in [1.82, 2.24) is 40.4 Å². The van der Waals surface area contributed by atoms with Crippen LogP contribution in [-0.4, -0.2) is 54.1 Å². The molecule has 0 aliphatic carbocycles. The van der Waals surface area contributed by atoms with Gasteiger partial charge in [0.15, 0.2) is 0 Å². The van der Waals surface area contributed by atoms with Crippen LogP contribution in [0.2, 0.25) is 0 Å². The zero-order valence-corrected chi connectivity index (χ0v) is 21.7. The number of hydrogen-bond acceptors (Lipinski definition) is 7. The molecule has 0 spiro atoms. The molecule has 0 atom stereocenters. The normalized spacial score (nSPS) is 14.1. The summed E-state index contributed by atoms with van der Waals surface area (Å²) in [6.07, 6.45) is 11.4. The lowest BCUT2D eigenvalue weighted by Gasteiger charge is -2.21. The van der Waals surface area contributed by atoms with Gasteiger partial charge in [0.25, 0.3) is 0 Å². The summed E-state index contributed by atoms with van der Waals surface area (Å²) in [5.74, 6) is 0.436. The van der Waals surface area contributed by atoms with Crippen molar-refractivity contribution in [3.05, 3.63) is 73.4 Å². The maximum absolute atomic E-state index is 12.7. The number of hydrogen-bond donors (Lipinski definition) is 4. The fraction of sp³-hybridized carbons (Fsp3) is 0.200. The number of aromatic nitrogens is 7. The second-order valence-electron chi connectivity index (χ2n) is 10.1. The van der Waals surface area contributed by atoms with Crippen LogP contribution < -0.4 is 10.6 Å². The molecule has 4 N–H and O–H groups in total. The van der Waals surface area contributed by atoms with Crippen molar-refractivity contribution in [2.24, 2.45) is 5.92 Å². The van der Waals surface area contributed by atoms with Gasteiger partial charge in [0.2, 0.25) is 5.91 Å². The predicted octanol–water partition coefficient (Wildman–Crippen LogP) is 4.95. The molecule has 1 saturated heterocycles. The average Bonchev–Trinajstić information content (AvgIpc) is 3.62. The van der Waals surface area contributed by atoms with Crippen LogP contribution in [0.4, 0.5) is 5.69 Å². The zero-order chi connectivity index (χ0) is 26.9. The molecule has 0 aromatic carbocycles. The first-order valence-corrected chi connectivity index (χ1v) is 13.4. The highest BCUT2D eigenvalue weighted by atomic mass is 16.1. The Balaban J connectivity index is 1.19. The molecule has 10 heteroatoms. The van der Waals surface area contributed by atoms with Crippen LogP contribution in [0.25, 0.3) is 55.8 Å². The molecule has 7 rings (SSSR count). The molecule has 0 radical (unpaired) electrons. The second-order valence-corrected chi connectivity index (χ2v) is 10.1. The summed E-state index contributed by atoms with van der Waals surface area (Å²) in [7, 11) is 0. The molecule has 1 aliphatic rings. The van der Waals surface area contributed by atoms with Gasteiger partial charge in [-0.2, -0.15) is 5.10 Å². The summed E-state index contributed by atoms with van der Waals surface area (Å²) in [6, 6.07) is 13.7. The van der Waals surface area contributed by atoms with Gasteiger partial charge in [-0.3, -0.25) is 24.8 Å². The Morgan fingerprint density at radius 3 is 2.73 bits per heavy atom. The van der Waals surface area contributed by atoms with E-state index in [0.29, 0.717) is 23.7 Å². The molecule has 7 heterocycles. The lowest BCUT2D eigenvalue weighted by molar-refractivity contribution is -0.117. The maximum atomic E-state index is 12.7. The van der Waals surface area contributed by atoms with E-state index < -0.39 is 0 Å². The Hall–Kier alpha value is -4.96. The first-order chi connectivity index (χ1) is 19.7. The van der Waals surface area contributed by atoms with E-state index in [1.54, 1.807) is 24.8 Å². The SMILES string of the molecule is O=C(CC1CCNCC1)Nc1cncc(-c2ccc3[nH]nc(-c4cc5c(-c6ccccn6)cncc5[nH]4)c3n2)c1. The van der Waals surface area contributed by atoms with Crippen molar-refractivity contribution < 1.29 is 4.79 Å². The topological polar surface area (TPSA) is 137 Å². The van der Waals surface area contributed by atoms with Gasteiger partial charge in [0.05, 0.1) is 46.2 Å². The molecule has 40 heavy (non-hydrogen) atoms. The highest BCUT2D eigenvalue weighted by Gasteiger charge is 2.18. The molecule has 198 valence electrons. The molecular weight excluding hydrogens is 502 g/mol. The lowest BCUT2D eigenvalue weighted by Crippen LogP contribution is -2.30. The minimum atomic E-state index is 0.0183. The Morgan fingerprint density at radius 2 is 1.85 bits per heavy atom.